The topological polar surface area (TPSA) is 50.9 Å². The van der Waals surface area contributed by atoms with Gasteiger partial charge in [-0.15, -0.1) is 0 Å². The Kier molecular flexibility index (Phi) is 2.44. The molecule has 0 atom stereocenters. The molecular weight excluding hydrogens is 138 g/mol. The first-order valence-electron chi connectivity index (χ1n) is 3.67. The van der Waals surface area contributed by atoms with Crippen molar-refractivity contribution in [2.75, 3.05) is 5.43 Å². The Bertz CT molecular complexity index is 233. The highest BCUT2D eigenvalue weighted by Gasteiger charge is 2.04. The molecule has 0 fully saturated rings. The fourth-order valence-corrected chi connectivity index (χ4v) is 1.00. The van der Waals surface area contributed by atoms with E-state index < -0.39 is 0 Å². The molecule has 60 valence electrons. The van der Waals surface area contributed by atoms with Gasteiger partial charge >= 0.3 is 0 Å². The molecule has 1 heterocycles. The molecule has 0 aliphatic rings. The van der Waals surface area contributed by atoms with E-state index in [1.165, 1.54) is 0 Å². The summed E-state index contributed by atoms with van der Waals surface area (Å²) >= 11 is 0. The highest BCUT2D eigenvalue weighted by molar-refractivity contribution is 5.44. The van der Waals surface area contributed by atoms with Gasteiger partial charge in [-0.1, -0.05) is 19.9 Å². The van der Waals surface area contributed by atoms with Gasteiger partial charge in [0.1, 0.15) is 5.82 Å². The molecule has 3 heteroatoms. The monoisotopic (exact) mass is 151 g/mol. The number of anilines is 1. The zero-order valence-corrected chi connectivity index (χ0v) is 6.83. The van der Waals surface area contributed by atoms with Crippen molar-refractivity contribution in [3.8, 4) is 0 Å². The third kappa shape index (κ3) is 1.68. The van der Waals surface area contributed by atoms with E-state index in [0.717, 1.165) is 11.4 Å². The molecule has 0 saturated carbocycles. The molecule has 0 amide bonds. The van der Waals surface area contributed by atoms with Crippen LogP contribution in [0.2, 0.25) is 0 Å². The van der Waals surface area contributed by atoms with Crippen LogP contribution in [0, 0.1) is 0 Å². The van der Waals surface area contributed by atoms with Gasteiger partial charge in [0.05, 0.1) is 0 Å². The van der Waals surface area contributed by atoms with Gasteiger partial charge in [0.2, 0.25) is 0 Å². The Morgan fingerprint density at radius 2 is 2.27 bits per heavy atom. The number of nitrogen functional groups attached to an aromatic ring is 1. The molecule has 0 radical (unpaired) electrons. The number of nitrogens with two attached hydrogens (primary N) is 1. The second-order valence-electron chi connectivity index (χ2n) is 2.74. The van der Waals surface area contributed by atoms with E-state index in [2.05, 4.69) is 24.3 Å². The second-order valence-corrected chi connectivity index (χ2v) is 2.74. The van der Waals surface area contributed by atoms with Crippen molar-refractivity contribution in [2.45, 2.75) is 19.8 Å². The third-order valence-electron chi connectivity index (χ3n) is 1.60. The summed E-state index contributed by atoms with van der Waals surface area (Å²) in [7, 11) is 0. The van der Waals surface area contributed by atoms with Crippen LogP contribution in [0.25, 0.3) is 0 Å². The van der Waals surface area contributed by atoms with Gasteiger partial charge in [0.15, 0.2) is 0 Å². The first-order chi connectivity index (χ1) is 5.25. The minimum absolute atomic E-state index is 0.453. The standard InChI is InChI=1S/C8H13N3/c1-6(2)7-4-3-5-10-8(7)11-9/h3-6H,9H2,1-2H3,(H,10,11). The lowest BCUT2D eigenvalue weighted by molar-refractivity contribution is 0.859. The number of nitrogens with one attached hydrogen (secondary N) is 1. The molecule has 0 aromatic carbocycles. The van der Waals surface area contributed by atoms with E-state index in [9.17, 15) is 0 Å². The van der Waals surface area contributed by atoms with Gasteiger partial charge in [-0.05, 0) is 17.5 Å². The lowest BCUT2D eigenvalue weighted by Gasteiger charge is -2.09. The average molecular weight is 151 g/mol. The van der Waals surface area contributed by atoms with E-state index in [0.29, 0.717) is 5.92 Å². The first-order valence-corrected chi connectivity index (χ1v) is 3.67. The highest BCUT2D eigenvalue weighted by atomic mass is 15.2. The fourth-order valence-electron chi connectivity index (χ4n) is 1.00. The lowest BCUT2D eigenvalue weighted by atomic mass is 10.1. The van der Waals surface area contributed by atoms with Gasteiger partial charge in [-0.25, -0.2) is 10.8 Å². The van der Waals surface area contributed by atoms with Crippen LogP contribution in [0.3, 0.4) is 0 Å². The molecule has 0 bridgehead atoms. The Balaban J connectivity index is 3.02. The van der Waals surface area contributed by atoms with Crippen LogP contribution in [0.5, 0.6) is 0 Å². The average Bonchev–Trinajstić information content (AvgIpc) is 2.04. The number of hydrazine groups is 1. The van der Waals surface area contributed by atoms with Gasteiger partial charge in [0.25, 0.3) is 0 Å². The zero-order valence-electron chi connectivity index (χ0n) is 6.83. The minimum Gasteiger partial charge on any atom is -0.308 e. The van der Waals surface area contributed by atoms with Crippen molar-refractivity contribution < 1.29 is 0 Å². The summed E-state index contributed by atoms with van der Waals surface area (Å²) in [4.78, 5) is 4.08. The van der Waals surface area contributed by atoms with E-state index in [1.807, 2.05) is 12.1 Å². The number of aromatic nitrogens is 1. The van der Waals surface area contributed by atoms with Gasteiger partial charge in [0, 0.05) is 6.20 Å². The van der Waals surface area contributed by atoms with Crippen LogP contribution in [-0.2, 0) is 0 Å². The summed E-state index contributed by atoms with van der Waals surface area (Å²) in [6.07, 6.45) is 1.72. The predicted molar refractivity (Wildman–Crippen MR) is 46.1 cm³/mol. The zero-order chi connectivity index (χ0) is 8.27. The molecule has 0 aliphatic carbocycles. The maximum Gasteiger partial charge on any atom is 0.143 e. The van der Waals surface area contributed by atoms with Crippen molar-refractivity contribution in [3.63, 3.8) is 0 Å². The predicted octanol–water partition coefficient (Wildman–Crippen LogP) is 1.49. The highest BCUT2D eigenvalue weighted by Crippen LogP contribution is 2.19. The Hall–Kier alpha value is -1.09. The Morgan fingerprint density at radius 3 is 2.73 bits per heavy atom. The molecule has 1 aromatic heterocycles. The molecule has 0 spiro atoms. The first kappa shape index (κ1) is 8.01. The summed E-state index contributed by atoms with van der Waals surface area (Å²) in [6.45, 7) is 4.22. The third-order valence-corrected chi connectivity index (χ3v) is 1.60. The number of nitrogens with zero attached hydrogens (tertiary/aromatic N) is 1. The van der Waals surface area contributed by atoms with Gasteiger partial charge in [-0.3, -0.25) is 0 Å². The van der Waals surface area contributed by atoms with E-state index in [-0.39, 0.29) is 0 Å². The molecule has 1 rings (SSSR count). The Morgan fingerprint density at radius 1 is 1.55 bits per heavy atom. The molecule has 0 aliphatic heterocycles. The number of rotatable bonds is 2. The number of hydrogen-bond donors (Lipinski definition) is 2. The molecule has 1 aromatic rings. The maximum atomic E-state index is 5.28. The van der Waals surface area contributed by atoms with Crippen molar-refractivity contribution in [3.05, 3.63) is 23.9 Å². The van der Waals surface area contributed by atoms with E-state index in [1.54, 1.807) is 6.20 Å². The second kappa shape index (κ2) is 3.34. The van der Waals surface area contributed by atoms with Crippen molar-refractivity contribution >= 4 is 5.82 Å². The van der Waals surface area contributed by atoms with Crippen molar-refractivity contribution in [1.82, 2.24) is 4.98 Å². The summed E-state index contributed by atoms with van der Waals surface area (Å²) in [6, 6.07) is 3.93. The van der Waals surface area contributed by atoms with Gasteiger partial charge in [-0.2, -0.15) is 0 Å². The van der Waals surface area contributed by atoms with Crippen LogP contribution < -0.4 is 11.3 Å². The van der Waals surface area contributed by atoms with E-state index >= 15 is 0 Å². The summed E-state index contributed by atoms with van der Waals surface area (Å²) in [5.41, 5.74) is 3.71. The van der Waals surface area contributed by atoms with Crippen LogP contribution in [0.15, 0.2) is 18.3 Å². The molecule has 11 heavy (non-hydrogen) atoms. The summed E-state index contributed by atoms with van der Waals surface area (Å²) in [5, 5.41) is 0. The van der Waals surface area contributed by atoms with Crippen LogP contribution in [-0.4, -0.2) is 4.98 Å². The fraction of sp³-hybridized carbons (Fsp3) is 0.375. The van der Waals surface area contributed by atoms with Crippen molar-refractivity contribution in [2.24, 2.45) is 5.84 Å². The number of hydrogen-bond acceptors (Lipinski definition) is 3. The van der Waals surface area contributed by atoms with Crippen LogP contribution in [0.4, 0.5) is 5.82 Å². The lowest BCUT2D eigenvalue weighted by Crippen LogP contribution is -2.11. The molecule has 0 unspecified atom stereocenters. The van der Waals surface area contributed by atoms with Gasteiger partial charge < -0.3 is 5.43 Å². The van der Waals surface area contributed by atoms with Crippen molar-refractivity contribution in [1.29, 1.82) is 0 Å². The molecule has 3 nitrogen and oxygen atoms in total. The molecule has 3 N–H and O–H groups in total. The van der Waals surface area contributed by atoms with Crippen LogP contribution in [0.1, 0.15) is 25.3 Å². The normalized spacial score (nSPS) is 10.2. The molecule has 0 saturated heterocycles. The quantitative estimate of drug-likeness (QED) is 0.497. The Labute approximate surface area is 66.6 Å². The maximum absolute atomic E-state index is 5.28. The van der Waals surface area contributed by atoms with Crippen LogP contribution >= 0.6 is 0 Å². The summed E-state index contributed by atoms with van der Waals surface area (Å²) in [5.74, 6) is 6.50. The minimum atomic E-state index is 0.453. The smallest absolute Gasteiger partial charge is 0.143 e. The summed E-state index contributed by atoms with van der Waals surface area (Å²) < 4.78 is 0. The molecular formula is C8H13N3. The SMILES string of the molecule is CC(C)c1cccnc1NN. The largest absolute Gasteiger partial charge is 0.308 e. The van der Waals surface area contributed by atoms with E-state index in [4.69, 9.17) is 5.84 Å². The number of pyridine rings is 1.